The van der Waals surface area contributed by atoms with Crippen LogP contribution in [0, 0.1) is 13.8 Å². The Hall–Kier alpha value is -1.52. The summed E-state index contributed by atoms with van der Waals surface area (Å²) in [6.07, 6.45) is 0. The number of rotatable bonds is 4. The average molecular weight is 368 g/mol. The van der Waals surface area contributed by atoms with Gasteiger partial charge in [0.15, 0.2) is 0 Å². The molecule has 2 aromatic rings. The zero-order valence-corrected chi connectivity index (χ0v) is 14.2. The third-order valence-electron chi connectivity index (χ3n) is 3.10. The summed E-state index contributed by atoms with van der Waals surface area (Å²) in [5.74, 6) is -0.0974. The van der Waals surface area contributed by atoms with Gasteiger partial charge in [0, 0.05) is 20.9 Å². The van der Waals surface area contributed by atoms with Crippen LogP contribution in [0.2, 0.25) is 5.02 Å². The predicted molar refractivity (Wildman–Crippen MR) is 92.2 cm³/mol. The normalized spacial score (nSPS) is 10.3. The molecule has 0 heterocycles. The molecule has 110 valence electrons. The molecule has 0 aliphatic carbocycles. The summed E-state index contributed by atoms with van der Waals surface area (Å²) < 4.78 is 0.991. The lowest BCUT2D eigenvalue weighted by Crippen LogP contribution is -2.22. The van der Waals surface area contributed by atoms with Gasteiger partial charge in [-0.25, -0.2) is 0 Å². The number of amides is 1. The fourth-order valence-corrected chi connectivity index (χ4v) is 2.57. The van der Waals surface area contributed by atoms with Gasteiger partial charge in [-0.2, -0.15) is 0 Å². The van der Waals surface area contributed by atoms with Crippen molar-refractivity contribution < 1.29 is 4.79 Å². The molecule has 0 aliphatic heterocycles. The number of hydrogen-bond donors (Lipinski definition) is 2. The van der Waals surface area contributed by atoms with Crippen molar-refractivity contribution in [1.82, 2.24) is 0 Å². The summed E-state index contributed by atoms with van der Waals surface area (Å²) in [7, 11) is 0. The van der Waals surface area contributed by atoms with Gasteiger partial charge in [0.2, 0.25) is 5.91 Å². The number of halogens is 2. The predicted octanol–water partition coefficient (Wildman–Crippen LogP) is 4.77. The molecule has 0 saturated carbocycles. The molecule has 0 aliphatic rings. The Morgan fingerprint density at radius 1 is 1.10 bits per heavy atom. The molecule has 0 bridgehead atoms. The Morgan fingerprint density at radius 2 is 1.86 bits per heavy atom. The number of benzene rings is 2. The van der Waals surface area contributed by atoms with Gasteiger partial charge in [-0.05, 0) is 55.3 Å². The minimum absolute atomic E-state index is 0.0974. The maximum atomic E-state index is 12.0. The molecule has 0 fully saturated rings. The van der Waals surface area contributed by atoms with Crippen LogP contribution in [0.5, 0.6) is 0 Å². The highest BCUT2D eigenvalue weighted by molar-refractivity contribution is 9.10. The zero-order valence-electron chi connectivity index (χ0n) is 11.8. The first kappa shape index (κ1) is 15.9. The number of anilines is 2. The van der Waals surface area contributed by atoms with E-state index in [0.717, 1.165) is 27.0 Å². The van der Waals surface area contributed by atoms with Crippen LogP contribution in [0.15, 0.2) is 40.9 Å². The molecule has 5 heteroatoms. The third-order valence-corrected chi connectivity index (χ3v) is 3.83. The number of carbonyl (C=O) groups is 1. The smallest absolute Gasteiger partial charge is 0.243 e. The summed E-state index contributed by atoms with van der Waals surface area (Å²) in [5.41, 5.74) is 3.74. The average Bonchev–Trinajstić information content (AvgIpc) is 2.43. The van der Waals surface area contributed by atoms with Crippen LogP contribution < -0.4 is 10.6 Å². The number of carbonyl (C=O) groups excluding carboxylic acids is 1. The molecule has 2 aromatic carbocycles. The lowest BCUT2D eigenvalue weighted by atomic mass is 10.2. The van der Waals surface area contributed by atoms with E-state index >= 15 is 0 Å². The van der Waals surface area contributed by atoms with Crippen molar-refractivity contribution in [1.29, 1.82) is 0 Å². The number of nitrogens with one attached hydrogen (secondary N) is 2. The van der Waals surface area contributed by atoms with Crippen molar-refractivity contribution in [2.45, 2.75) is 13.8 Å². The lowest BCUT2D eigenvalue weighted by molar-refractivity contribution is -0.114. The first-order valence-corrected chi connectivity index (χ1v) is 7.69. The molecule has 2 N–H and O–H groups in total. The van der Waals surface area contributed by atoms with Crippen LogP contribution in [0.25, 0.3) is 0 Å². The van der Waals surface area contributed by atoms with Gasteiger partial charge >= 0.3 is 0 Å². The molecule has 0 atom stereocenters. The van der Waals surface area contributed by atoms with E-state index in [-0.39, 0.29) is 12.5 Å². The molecule has 0 spiro atoms. The van der Waals surface area contributed by atoms with Crippen LogP contribution in [0.4, 0.5) is 11.4 Å². The summed E-state index contributed by atoms with van der Waals surface area (Å²) in [6, 6.07) is 11.3. The van der Waals surface area contributed by atoms with Gasteiger partial charge in [-0.15, -0.1) is 0 Å². The van der Waals surface area contributed by atoms with Gasteiger partial charge in [-0.3, -0.25) is 4.79 Å². The highest BCUT2D eigenvalue weighted by Gasteiger charge is 2.06. The van der Waals surface area contributed by atoms with Crippen molar-refractivity contribution in [3.8, 4) is 0 Å². The second-order valence-electron chi connectivity index (χ2n) is 4.82. The van der Waals surface area contributed by atoms with Crippen LogP contribution in [0.1, 0.15) is 11.1 Å². The van der Waals surface area contributed by atoms with E-state index in [1.165, 1.54) is 0 Å². The summed E-state index contributed by atoms with van der Waals surface area (Å²) in [4.78, 5) is 12.0. The van der Waals surface area contributed by atoms with Crippen LogP contribution in [-0.4, -0.2) is 12.5 Å². The van der Waals surface area contributed by atoms with Gasteiger partial charge in [0.05, 0.1) is 6.54 Å². The van der Waals surface area contributed by atoms with Crippen molar-refractivity contribution >= 4 is 44.8 Å². The zero-order chi connectivity index (χ0) is 15.4. The van der Waals surface area contributed by atoms with Gasteiger partial charge in [-0.1, -0.05) is 33.6 Å². The molecular weight excluding hydrogens is 352 g/mol. The highest BCUT2D eigenvalue weighted by atomic mass is 79.9. The summed E-state index contributed by atoms with van der Waals surface area (Å²) in [6.45, 7) is 4.11. The van der Waals surface area contributed by atoms with Crippen molar-refractivity contribution in [2.24, 2.45) is 0 Å². The standard InChI is InChI=1S/C16H16BrClN2O/c1-10-3-5-13(18)8-15(10)19-9-16(21)20-14-6-4-12(17)7-11(14)2/h3-8,19H,9H2,1-2H3,(H,20,21). The fourth-order valence-electron chi connectivity index (χ4n) is 1.92. The number of hydrogen-bond acceptors (Lipinski definition) is 2. The molecular formula is C16H16BrClN2O. The molecule has 3 nitrogen and oxygen atoms in total. The van der Waals surface area contributed by atoms with E-state index in [4.69, 9.17) is 11.6 Å². The largest absolute Gasteiger partial charge is 0.376 e. The first-order chi connectivity index (χ1) is 9.95. The second-order valence-corrected chi connectivity index (χ2v) is 6.17. The van der Waals surface area contributed by atoms with Crippen molar-refractivity contribution in [3.05, 3.63) is 57.0 Å². The Labute approximate surface area is 137 Å². The monoisotopic (exact) mass is 366 g/mol. The topological polar surface area (TPSA) is 41.1 Å². The molecule has 1 amide bonds. The summed E-state index contributed by atoms with van der Waals surface area (Å²) in [5, 5.41) is 6.63. The van der Waals surface area contributed by atoms with E-state index in [9.17, 15) is 4.79 Å². The van der Waals surface area contributed by atoms with E-state index in [0.29, 0.717) is 5.02 Å². The van der Waals surface area contributed by atoms with Gasteiger partial charge < -0.3 is 10.6 Å². The molecule has 0 unspecified atom stereocenters. The van der Waals surface area contributed by atoms with E-state index in [2.05, 4.69) is 26.6 Å². The molecule has 21 heavy (non-hydrogen) atoms. The Balaban J connectivity index is 1.97. The van der Waals surface area contributed by atoms with E-state index < -0.39 is 0 Å². The Kier molecular flexibility index (Phi) is 5.26. The molecule has 0 saturated heterocycles. The van der Waals surface area contributed by atoms with Gasteiger partial charge in [0.25, 0.3) is 0 Å². The van der Waals surface area contributed by atoms with Crippen molar-refractivity contribution in [2.75, 3.05) is 17.2 Å². The lowest BCUT2D eigenvalue weighted by Gasteiger charge is -2.12. The van der Waals surface area contributed by atoms with Crippen LogP contribution in [0.3, 0.4) is 0 Å². The molecule has 2 rings (SSSR count). The number of aryl methyl sites for hydroxylation is 2. The maximum Gasteiger partial charge on any atom is 0.243 e. The fraction of sp³-hybridized carbons (Fsp3) is 0.188. The third kappa shape index (κ3) is 4.48. The SMILES string of the molecule is Cc1ccc(Cl)cc1NCC(=O)Nc1ccc(Br)cc1C. The van der Waals surface area contributed by atoms with Gasteiger partial charge in [0.1, 0.15) is 0 Å². The Morgan fingerprint density at radius 3 is 2.57 bits per heavy atom. The van der Waals surface area contributed by atoms with Crippen LogP contribution >= 0.6 is 27.5 Å². The van der Waals surface area contributed by atoms with E-state index in [1.54, 1.807) is 0 Å². The van der Waals surface area contributed by atoms with Crippen molar-refractivity contribution in [3.63, 3.8) is 0 Å². The maximum absolute atomic E-state index is 12.0. The molecule has 0 radical (unpaired) electrons. The first-order valence-electron chi connectivity index (χ1n) is 6.52. The summed E-state index contributed by atoms with van der Waals surface area (Å²) >= 11 is 9.35. The quantitative estimate of drug-likeness (QED) is 0.817. The highest BCUT2D eigenvalue weighted by Crippen LogP contribution is 2.21. The van der Waals surface area contributed by atoms with Crippen LogP contribution in [-0.2, 0) is 4.79 Å². The molecule has 0 aromatic heterocycles. The minimum Gasteiger partial charge on any atom is -0.376 e. The second kappa shape index (κ2) is 6.96. The Bertz CT molecular complexity index is 673. The minimum atomic E-state index is -0.0974. The van der Waals surface area contributed by atoms with E-state index in [1.807, 2.05) is 50.2 Å².